The molecular formula is C12H14Cl2F4N2. The Bertz CT molecular complexity index is 448. The van der Waals surface area contributed by atoms with Crippen LogP contribution in [0.4, 0.5) is 17.6 Å². The van der Waals surface area contributed by atoms with Crippen LogP contribution in [-0.4, -0.2) is 37.3 Å². The summed E-state index contributed by atoms with van der Waals surface area (Å²) in [6.45, 7) is 1.38. The first-order valence-electron chi connectivity index (χ1n) is 5.86. The van der Waals surface area contributed by atoms with Crippen molar-refractivity contribution in [2.75, 3.05) is 26.2 Å². The van der Waals surface area contributed by atoms with Gasteiger partial charge in [-0.05, 0) is 12.1 Å². The number of hydrogen-bond donors (Lipinski definition) is 1. The predicted molar refractivity (Wildman–Crippen MR) is 71.9 cm³/mol. The molecule has 1 N–H and O–H groups in total. The van der Waals surface area contributed by atoms with Crippen molar-refractivity contribution in [2.45, 2.75) is 12.2 Å². The second kappa shape index (κ2) is 6.93. The molecule has 1 atom stereocenters. The van der Waals surface area contributed by atoms with Crippen molar-refractivity contribution in [1.29, 1.82) is 0 Å². The van der Waals surface area contributed by atoms with Gasteiger partial charge in [-0.2, -0.15) is 13.2 Å². The number of rotatable bonds is 2. The minimum Gasteiger partial charge on any atom is -0.314 e. The van der Waals surface area contributed by atoms with Crippen molar-refractivity contribution < 1.29 is 17.6 Å². The Kier molecular flexibility index (Phi) is 6.06. The molecule has 0 spiro atoms. The maximum atomic E-state index is 13.8. The van der Waals surface area contributed by atoms with Crippen molar-refractivity contribution in [3.63, 3.8) is 0 Å². The van der Waals surface area contributed by atoms with Crippen molar-refractivity contribution >= 4 is 24.0 Å². The van der Waals surface area contributed by atoms with Crippen LogP contribution < -0.4 is 5.32 Å². The quantitative estimate of drug-likeness (QED) is 0.835. The van der Waals surface area contributed by atoms with Gasteiger partial charge < -0.3 is 5.32 Å². The summed E-state index contributed by atoms with van der Waals surface area (Å²) in [6, 6.07) is 1.38. The SMILES string of the molecule is Cl.Fc1cc(Cl)ccc1[C@H](N1CCNCC1)C(F)(F)F. The lowest BCUT2D eigenvalue weighted by molar-refractivity contribution is -0.188. The molecule has 0 radical (unpaired) electrons. The van der Waals surface area contributed by atoms with E-state index < -0.39 is 18.0 Å². The molecule has 1 heterocycles. The first-order chi connectivity index (χ1) is 8.89. The zero-order valence-electron chi connectivity index (χ0n) is 10.4. The van der Waals surface area contributed by atoms with E-state index in [9.17, 15) is 17.6 Å². The summed E-state index contributed by atoms with van der Waals surface area (Å²) in [5.41, 5.74) is -0.376. The maximum Gasteiger partial charge on any atom is 0.408 e. The van der Waals surface area contributed by atoms with Crippen LogP contribution >= 0.6 is 24.0 Å². The Morgan fingerprint density at radius 2 is 1.80 bits per heavy atom. The Morgan fingerprint density at radius 3 is 2.30 bits per heavy atom. The smallest absolute Gasteiger partial charge is 0.314 e. The van der Waals surface area contributed by atoms with Crippen LogP contribution in [-0.2, 0) is 0 Å². The number of benzene rings is 1. The Hall–Kier alpha value is -0.560. The van der Waals surface area contributed by atoms with Crippen LogP contribution in [0.2, 0.25) is 5.02 Å². The first kappa shape index (κ1) is 17.5. The molecule has 1 aromatic carbocycles. The van der Waals surface area contributed by atoms with Crippen LogP contribution in [0.25, 0.3) is 0 Å². The van der Waals surface area contributed by atoms with E-state index >= 15 is 0 Å². The molecule has 0 unspecified atom stereocenters. The van der Waals surface area contributed by atoms with E-state index in [0.717, 1.165) is 12.1 Å². The summed E-state index contributed by atoms with van der Waals surface area (Å²) in [4.78, 5) is 1.24. The van der Waals surface area contributed by atoms with E-state index in [0.29, 0.717) is 13.1 Å². The molecule has 8 heteroatoms. The minimum atomic E-state index is -4.52. The molecule has 0 amide bonds. The molecule has 0 saturated carbocycles. The van der Waals surface area contributed by atoms with Gasteiger partial charge in [0.25, 0.3) is 0 Å². The highest BCUT2D eigenvalue weighted by Gasteiger charge is 2.46. The molecule has 2 nitrogen and oxygen atoms in total. The number of nitrogens with one attached hydrogen (secondary N) is 1. The van der Waals surface area contributed by atoms with E-state index in [4.69, 9.17) is 11.6 Å². The monoisotopic (exact) mass is 332 g/mol. The number of hydrogen-bond acceptors (Lipinski definition) is 2. The largest absolute Gasteiger partial charge is 0.408 e. The number of halogens is 6. The topological polar surface area (TPSA) is 15.3 Å². The van der Waals surface area contributed by atoms with Crippen LogP contribution in [0.1, 0.15) is 11.6 Å². The zero-order chi connectivity index (χ0) is 14.0. The molecule has 1 saturated heterocycles. The van der Waals surface area contributed by atoms with E-state index in [-0.39, 0.29) is 36.1 Å². The lowest BCUT2D eigenvalue weighted by atomic mass is 10.0. The van der Waals surface area contributed by atoms with Gasteiger partial charge in [-0.15, -0.1) is 12.4 Å². The fraction of sp³-hybridized carbons (Fsp3) is 0.500. The highest BCUT2D eigenvalue weighted by atomic mass is 35.5. The average molecular weight is 333 g/mol. The zero-order valence-corrected chi connectivity index (χ0v) is 12.0. The molecule has 0 bridgehead atoms. The molecule has 20 heavy (non-hydrogen) atoms. The van der Waals surface area contributed by atoms with Crippen molar-refractivity contribution in [3.05, 3.63) is 34.6 Å². The summed E-state index contributed by atoms with van der Waals surface area (Å²) in [5, 5.41) is 3.06. The van der Waals surface area contributed by atoms with Crippen LogP contribution in [0, 0.1) is 5.82 Å². The fourth-order valence-electron chi connectivity index (χ4n) is 2.24. The van der Waals surface area contributed by atoms with Crippen LogP contribution in [0.3, 0.4) is 0 Å². The third-order valence-corrected chi connectivity index (χ3v) is 3.32. The van der Waals surface area contributed by atoms with Gasteiger partial charge in [-0.25, -0.2) is 4.39 Å². The Morgan fingerprint density at radius 1 is 1.20 bits per heavy atom. The third-order valence-electron chi connectivity index (χ3n) is 3.08. The summed E-state index contributed by atoms with van der Waals surface area (Å²) >= 11 is 5.58. The molecule has 2 rings (SSSR count). The highest BCUT2D eigenvalue weighted by Crippen LogP contribution is 2.39. The van der Waals surface area contributed by atoms with Gasteiger partial charge in [0.2, 0.25) is 0 Å². The van der Waals surface area contributed by atoms with E-state index in [1.165, 1.54) is 11.0 Å². The molecule has 1 aliphatic rings. The standard InChI is InChI=1S/C12H13ClF4N2.ClH/c13-8-1-2-9(10(14)7-8)11(12(15,16)17)19-5-3-18-4-6-19;/h1-2,7,11,18H,3-6H2;1H/t11-;/m0./s1. The minimum absolute atomic E-state index is 0. The van der Waals surface area contributed by atoms with Gasteiger partial charge >= 0.3 is 6.18 Å². The van der Waals surface area contributed by atoms with Gasteiger partial charge in [0.15, 0.2) is 0 Å². The molecule has 0 aromatic heterocycles. The van der Waals surface area contributed by atoms with E-state index in [2.05, 4.69) is 5.32 Å². The third kappa shape index (κ3) is 3.97. The highest BCUT2D eigenvalue weighted by molar-refractivity contribution is 6.30. The van der Waals surface area contributed by atoms with Crippen molar-refractivity contribution in [1.82, 2.24) is 10.2 Å². The van der Waals surface area contributed by atoms with Crippen molar-refractivity contribution in [3.8, 4) is 0 Å². The van der Waals surface area contributed by atoms with Crippen LogP contribution in [0.15, 0.2) is 18.2 Å². The van der Waals surface area contributed by atoms with E-state index in [1.54, 1.807) is 0 Å². The molecule has 0 aliphatic carbocycles. The number of alkyl halides is 3. The van der Waals surface area contributed by atoms with Crippen LogP contribution in [0.5, 0.6) is 0 Å². The summed E-state index contributed by atoms with van der Waals surface area (Å²) in [7, 11) is 0. The van der Waals surface area contributed by atoms with E-state index in [1.807, 2.05) is 0 Å². The Labute approximate surface area is 125 Å². The Balaban J connectivity index is 0.00000200. The van der Waals surface area contributed by atoms with Gasteiger partial charge in [0.05, 0.1) is 0 Å². The number of piperazine rings is 1. The molecule has 114 valence electrons. The van der Waals surface area contributed by atoms with Gasteiger partial charge in [-0.3, -0.25) is 4.90 Å². The summed E-state index contributed by atoms with van der Waals surface area (Å²) in [5.74, 6) is -0.923. The summed E-state index contributed by atoms with van der Waals surface area (Å²) < 4.78 is 53.4. The first-order valence-corrected chi connectivity index (χ1v) is 6.24. The van der Waals surface area contributed by atoms with Gasteiger partial charge in [-0.1, -0.05) is 17.7 Å². The molecule has 1 fully saturated rings. The molecular weight excluding hydrogens is 319 g/mol. The second-order valence-corrected chi connectivity index (χ2v) is 4.83. The molecule has 1 aliphatic heterocycles. The lowest BCUT2D eigenvalue weighted by Crippen LogP contribution is -2.49. The summed E-state index contributed by atoms with van der Waals surface area (Å²) in [6.07, 6.45) is -4.52. The van der Waals surface area contributed by atoms with Gasteiger partial charge in [0, 0.05) is 36.8 Å². The predicted octanol–water partition coefficient (Wildman–Crippen LogP) is 3.41. The second-order valence-electron chi connectivity index (χ2n) is 4.40. The average Bonchev–Trinajstić information content (AvgIpc) is 2.32. The fourth-order valence-corrected chi connectivity index (χ4v) is 2.40. The van der Waals surface area contributed by atoms with Crippen molar-refractivity contribution in [2.24, 2.45) is 0 Å². The van der Waals surface area contributed by atoms with Gasteiger partial charge in [0.1, 0.15) is 11.9 Å². The molecule has 1 aromatic rings. The number of nitrogens with zero attached hydrogens (tertiary/aromatic N) is 1. The normalized spacial score (nSPS) is 18.4. The lowest BCUT2D eigenvalue weighted by Gasteiger charge is -2.36. The maximum absolute atomic E-state index is 13.8.